The first-order valence-corrected chi connectivity index (χ1v) is 16.1. The van der Waals surface area contributed by atoms with E-state index in [-0.39, 0.29) is 35.8 Å². The number of hydroxylamine groups is 1. The molecule has 1 aliphatic heterocycles. The number of rotatable bonds is 13. The Morgan fingerprint density at radius 3 is 2.59 bits per heavy atom. The molecule has 4 rings (SSSR count). The van der Waals surface area contributed by atoms with Gasteiger partial charge in [0.25, 0.3) is 5.91 Å². The number of fused-ring (bicyclic) bond motifs is 1. The van der Waals surface area contributed by atoms with E-state index in [9.17, 15) is 19.2 Å². The summed E-state index contributed by atoms with van der Waals surface area (Å²) in [6.07, 6.45) is 13.3. The van der Waals surface area contributed by atoms with Crippen molar-refractivity contribution in [3.8, 4) is 5.75 Å². The molecule has 3 amide bonds. The van der Waals surface area contributed by atoms with E-state index in [4.69, 9.17) is 14.7 Å². The highest BCUT2D eigenvalue weighted by molar-refractivity contribution is 5.95. The number of ether oxygens (including phenoxy) is 2. The van der Waals surface area contributed by atoms with Crippen LogP contribution in [0.5, 0.6) is 5.75 Å². The summed E-state index contributed by atoms with van der Waals surface area (Å²) in [7, 11) is 0. The molecule has 0 spiro atoms. The summed E-state index contributed by atoms with van der Waals surface area (Å²) in [4.78, 5) is 51.2. The monoisotopic (exact) mass is 632 g/mol. The third-order valence-corrected chi connectivity index (χ3v) is 8.12. The highest BCUT2D eigenvalue weighted by atomic mass is 16.5. The van der Waals surface area contributed by atoms with E-state index in [2.05, 4.69) is 10.5 Å². The minimum Gasteiger partial charge on any atom is -0.494 e. The Hall–Kier alpha value is -4.51. The molecule has 1 heterocycles. The molecule has 46 heavy (non-hydrogen) atoms. The van der Waals surface area contributed by atoms with E-state index in [1.807, 2.05) is 41.3 Å². The van der Waals surface area contributed by atoms with E-state index in [1.54, 1.807) is 36.0 Å². The zero-order chi connectivity index (χ0) is 32.6. The average molecular weight is 633 g/mol. The maximum absolute atomic E-state index is 13.3. The van der Waals surface area contributed by atoms with Crippen molar-refractivity contribution >= 4 is 29.9 Å². The van der Waals surface area contributed by atoms with Crippen molar-refractivity contribution in [2.24, 2.45) is 5.10 Å². The average Bonchev–Trinajstić information content (AvgIpc) is 3.51. The molecule has 2 atom stereocenters. The van der Waals surface area contributed by atoms with Gasteiger partial charge < -0.3 is 14.4 Å². The zero-order valence-corrected chi connectivity index (χ0v) is 26.2. The van der Waals surface area contributed by atoms with E-state index in [0.29, 0.717) is 63.0 Å². The van der Waals surface area contributed by atoms with Crippen molar-refractivity contribution in [2.45, 2.75) is 95.7 Å². The molecule has 2 aliphatic rings. The fourth-order valence-electron chi connectivity index (χ4n) is 5.69. The molecule has 0 saturated heterocycles. The van der Waals surface area contributed by atoms with Gasteiger partial charge in [-0.2, -0.15) is 5.10 Å². The minimum atomic E-state index is -0.374. The second-order valence-corrected chi connectivity index (χ2v) is 11.6. The van der Waals surface area contributed by atoms with Gasteiger partial charge in [0.15, 0.2) is 0 Å². The second-order valence-electron chi connectivity index (χ2n) is 11.6. The molecule has 1 fully saturated rings. The molecule has 246 valence electrons. The van der Waals surface area contributed by atoms with Gasteiger partial charge in [-0.15, -0.1) is 0 Å². The van der Waals surface area contributed by atoms with Crippen LogP contribution in [0.2, 0.25) is 0 Å². The molecule has 1 aliphatic carbocycles. The third-order valence-electron chi connectivity index (χ3n) is 8.12. The van der Waals surface area contributed by atoms with Gasteiger partial charge in [-0.05, 0) is 86.4 Å². The molecule has 0 aromatic heterocycles. The van der Waals surface area contributed by atoms with Crippen molar-refractivity contribution in [3.63, 3.8) is 0 Å². The first-order valence-electron chi connectivity index (χ1n) is 16.1. The molecule has 11 heteroatoms. The van der Waals surface area contributed by atoms with E-state index in [0.717, 1.165) is 49.7 Å². The largest absolute Gasteiger partial charge is 0.494 e. The van der Waals surface area contributed by atoms with Gasteiger partial charge in [-0.3, -0.25) is 24.4 Å². The Balaban J connectivity index is 1.27. The van der Waals surface area contributed by atoms with Gasteiger partial charge in [-0.25, -0.2) is 10.9 Å². The van der Waals surface area contributed by atoms with Crippen molar-refractivity contribution in [2.75, 3.05) is 6.61 Å². The highest BCUT2D eigenvalue weighted by Gasteiger charge is 2.37. The molecule has 11 nitrogen and oxygen atoms in total. The first-order chi connectivity index (χ1) is 22.4. The minimum absolute atomic E-state index is 0.0444. The predicted octanol–water partition coefficient (Wildman–Crippen LogP) is 5.21. The number of unbranched alkanes of at least 4 members (excludes halogenated alkanes) is 3. The van der Waals surface area contributed by atoms with Crippen LogP contribution in [-0.4, -0.2) is 58.8 Å². The zero-order valence-electron chi connectivity index (χ0n) is 26.2. The first kappa shape index (κ1) is 34.4. The van der Waals surface area contributed by atoms with Gasteiger partial charge >= 0.3 is 5.97 Å². The smallest absolute Gasteiger partial charge is 0.306 e. The van der Waals surface area contributed by atoms with Crippen LogP contribution >= 0.6 is 0 Å². The van der Waals surface area contributed by atoms with Crippen LogP contribution in [0.15, 0.2) is 65.8 Å². The number of amides is 3. The Bertz CT molecular complexity index is 1380. The SMILES string of the molecule is O=C(CCCCCCOc1ccc(C(=O)N/N=C/c2cccc(CN3C(=O)CC/C=C/CCC(=O)O[C@H]4CCC[C@@H]43)c2)cc1)NO. The van der Waals surface area contributed by atoms with Crippen molar-refractivity contribution in [1.29, 1.82) is 0 Å². The number of hydrogen-bond donors (Lipinski definition) is 3. The number of hydrogen-bond acceptors (Lipinski definition) is 8. The molecule has 2 aromatic carbocycles. The van der Waals surface area contributed by atoms with Crippen LogP contribution in [0.1, 0.15) is 98.5 Å². The van der Waals surface area contributed by atoms with Crippen LogP contribution in [0.25, 0.3) is 0 Å². The predicted molar refractivity (Wildman–Crippen MR) is 172 cm³/mol. The quantitative estimate of drug-likeness (QED) is 0.0686. The number of nitrogens with zero attached hydrogens (tertiary/aromatic N) is 2. The highest BCUT2D eigenvalue weighted by Crippen LogP contribution is 2.30. The lowest BCUT2D eigenvalue weighted by Crippen LogP contribution is -2.45. The molecular weight excluding hydrogens is 588 g/mol. The summed E-state index contributed by atoms with van der Waals surface area (Å²) in [5.74, 6) is -0.242. The Kier molecular flexibility index (Phi) is 13.8. The van der Waals surface area contributed by atoms with Gasteiger partial charge in [0, 0.05) is 31.4 Å². The normalized spacial score (nSPS) is 19.5. The molecule has 0 bridgehead atoms. The number of esters is 1. The maximum Gasteiger partial charge on any atom is 0.306 e. The van der Waals surface area contributed by atoms with E-state index < -0.39 is 0 Å². The third kappa shape index (κ3) is 11.1. The van der Waals surface area contributed by atoms with Crippen LogP contribution in [-0.2, 0) is 25.7 Å². The molecular formula is C35H44N4O7. The van der Waals surface area contributed by atoms with Gasteiger partial charge in [-0.1, -0.05) is 43.2 Å². The summed E-state index contributed by atoms with van der Waals surface area (Å²) in [5, 5.41) is 12.6. The summed E-state index contributed by atoms with van der Waals surface area (Å²) >= 11 is 0. The van der Waals surface area contributed by atoms with Crippen LogP contribution in [0.4, 0.5) is 0 Å². The lowest BCUT2D eigenvalue weighted by atomic mass is 10.1. The lowest BCUT2D eigenvalue weighted by molar-refractivity contribution is -0.154. The summed E-state index contributed by atoms with van der Waals surface area (Å²) < 4.78 is 11.5. The van der Waals surface area contributed by atoms with Crippen LogP contribution in [0, 0.1) is 0 Å². The fraction of sp³-hybridized carbons (Fsp3) is 0.457. The Labute approximate surface area is 270 Å². The summed E-state index contributed by atoms with van der Waals surface area (Å²) in [6.45, 7) is 0.923. The van der Waals surface area contributed by atoms with Gasteiger partial charge in [0.2, 0.25) is 11.8 Å². The summed E-state index contributed by atoms with van der Waals surface area (Å²) in [5.41, 5.74) is 6.33. The van der Waals surface area contributed by atoms with Crippen molar-refractivity contribution < 1.29 is 33.9 Å². The number of carbonyl (C=O) groups is 4. The van der Waals surface area contributed by atoms with Gasteiger partial charge in [0.1, 0.15) is 11.9 Å². The number of allylic oxidation sites excluding steroid dienone is 2. The van der Waals surface area contributed by atoms with Crippen LogP contribution < -0.4 is 15.6 Å². The molecule has 1 saturated carbocycles. The fourth-order valence-corrected chi connectivity index (χ4v) is 5.69. The topological polar surface area (TPSA) is 147 Å². The Morgan fingerprint density at radius 1 is 1.00 bits per heavy atom. The number of carbonyl (C=O) groups excluding carboxylic acids is 4. The lowest BCUT2D eigenvalue weighted by Gasteiger charge is -2.33. The van der Waals surface area contributed by atoms with E-state index >= 15 is 0 Å². The standard InChI is InChI=1S/C35H44N4O7/c40-32(38-44)15-5-3-4-8-22-45-29-20-18-28(19-21-29)35(43)37-36-24-26-11-9-12-27(23-26)25-39-30-13-10-14-31(30)46-34(42)17-7-2-1-6-16-33(39)41/h1-2,9,11-12,18-21,23-24,30-31,44H,3-8,10,13-17,22,25H2,(H,37,43)(H,38,40)/b2-1+,36-24+/t30-,31-/m0/s1. The number of hydrazone groups is 1. The number of nitrogens with one attached hydrogen (secondary N) is 2. The molecule has 0 radical (unpaired) electrons. The van der Waals surface area contributed by atoms with Gasteiger partial charge in [0.05, 0.1) is 18.9 Å². The molecule has 3 N–H and O–H groups in total. The van der Waals surface area contributed by atoms with Crippen molar-refractivity contribution in [1.82, 2.24) is 15.8 Å². The van der Waals surface area contributed by atoms with E-state index in [1.165, 1.54) is 0 Å². The summed E-state index contributed by atoms with van der Waals surface area (Å²) in [6, 6.07) is 14.3. The second kappa shape index (κ2) is 18.5. The maximum atomic E-state index is 13.3. The Morgan fingerprint density at radius 2 is 1.78 bits per heavy atom. The van der Waals surface area contributed by atoms with Crippen molar-refractivity contribution in [3.05, 3.63) is 77.4 Å². The molecule has 2 aromatic rings. The molecule has 0 unspecified atom stereocenters. The van der Waals surface area contributed by atoms with Crippen LogP contribution in [0.3, 0.4) is 0 Å². The number of benzene rings is 2.